The molecule has 1 aromatic rings. The Bertz CT molecular complexity index is 433. The lowest BCUT2D eigenvalue weighted by molar-refractivity contribution is 0.424. The maximum Gasteiger partial charge on any atom is 0.0545 e. The van der Waals surface area contributed by atoms with Crippen molar-refractivity contribution in [2.24, 2.45) is 5.92 Å². The van der Waals surface area contributed by atoms with Crippen LogP contribution < -0.4 is 5.32 Å². The van der Waals surface area contributed by atoms with Crippen LogP contribution in [0.2, 0.25) is 5.02 Å². The monoisotopic (exact) mass is 311 g/mol. The van der Waals surface area contributed by atoms with E-state index in [-0.39, 0.29) is 5.54 Å². The van der Waals surface area contributed by atoms with Gasteiger partial charge in [-0.1, -0.05) is 30.5 Å². The lowest BCUT2D eigenvalue weighted by Gasteiger charge is -2.20. The standard InChI is InChI=1S/C17H26ClNS/c1-17(2,3)19-11-14-8-9-16(15(18)10-14)20-12-13-6-4-5-7-13/h8-10,13,19H,4-7,11-12H2,1-3H3. The molecule has 2 rings (SSSR count). The number of hydrogen-bond donors (Lipinski definition) is 1. The van der Waals surface area contributed by atoms with Crippen molar-refractivity contribution >= 4 is 23.4 Å². The Labute approximate surface area is 132 Å². The van der Waals surface area contributed by atoms with Gasteiger partial charge in [0.2, 0.25) is 0 Å². The maximum atomic E-state index is 6.42. The van der Waals surface area contributed by atoms with E-state index in [0.717, 1.165) is 17.5 Å². The van der Waals surface area contributed by atoms with E-state index in [4.69, 9.17) is 11.6 Å². The van der Waals surface area contributed by atoms with E-state index in [2.05, 4.69) is 44.3 Å². The largest absolute Gasteiger partial charge is 0.308 e. The second-order valence-corrected chi connectivity index (χ2v) is 8.30. The number of nitrogens with one attached hydrogen (secondary N) is 1. The fraction of sp³-hybridized carbons (Fsp3) is 0.647. The van der Waals surface area contributed by atoms with Gasteiger partial charge in [-0.2, -0.15) is 0 Å². The summed E-state index contributed by atoms with van der Waals surface area (Å²) in [4.78, 5) is 1.23. The highest BCUT2D eigenvalue weighted by Gasteiger charge is 2.16. The minimum Gasteiger partial charge on any atom is -0.308 e. The smallest absolute Gasteiger partial charge is 0.0545 e. The average Bonchev–Trinajstić information content (AvgIpc) is 2.87. The molecule has 112 valence electrons. The third kappa shape index (κ3) is 5.31. The molecule has 0 amide bonds. The van der Waals surface area contributed by atoms with Gasteiger partial charge in [0.25, 0.3) is 0 Å². The van der Waals surface area contributed by atoms with E-state index >= 15 is 0 Å². The summed E-state index contributed by atoms with van der Waals surface area (Å²) in [6.45, 7) is 7.41. The Kier molecular flexibility index (Phi) is 5.83. The van der Waals surface area contributed by atoms with Crippen LogP contribution >= 0.6 is 23.4 Å². The zero-order valence-electron chi connectivity index (χ0n) is 12.8. The summed E-state index contributed by atoms with van der Waals surface area (Å²) >= 11 is 8.34. The number of benzene rings is 1. The molecule has 0 unspecified atom stereocenters. The van der Waals surface area contributed by atoms with Crippen LogP contribution in [0.25, 0.3) is 0 Å². The summed E-state index contributed by atoms with van der Waals surface area (Å²) in [7, 11) is 0. The Morgan fingerprint density at radius 1 is 1.25 bits per heavy atom. The van der Waals surface area contributed by atoms with E-state index < -0.39 is 0 Å². The van der Waals surface area contributed by atoms with Gasteiger partial charge < -0.3 is 5.32 Å². The van der Waals surface area contributed by atoms with Gasteiger partial charge in [0.1, 0.15) is 0 Å². The van der Waals surface area contributed by atoms with Crippen molar-refractivity contribution in [2.75, 3.05) is 5.75 Å². The Hall–Kier alpha value is -0.180. The summed E-state index contributed by atoms with van der Waals surface area (Å²) < 4.78 is 0. The Morgan fingerprint density at radius 3 is 2.55 bits per heavy atom. The van der Waals surface area contributed by atoms with Gasteiger partial charge in [-0.15, -0.1) is 11.8 Å². The van der Waals surface area contributed by atoms with Crippen molar-refractivity contribution in [3.8, 4) is 0 Å². The number of rotatable bonds is 5. The van der Waals surface area contributed by atoms with Gasteiger partial charge in [0.05, 0.1) is 5.02 Å². The van der Waals surface area contributed by atoms with E-state index in [1.54, 1.807) is 0 Å². The average molecular weight is 312 g/mol. The van der Waals surface area contributed by atoms with Gasteiger partial charge in [-0.05, 0) is 57.2 Å². The van der Waals surface area contributed by atoms with Crippen LogP contribution in [0.5, 0.6) is 0 Å². The quantitative estimate of drug-likeness (QED) is 0.719. The van der Waals surface area contributed by atoms with Crippen LogP contribution in [0, 0.1) is 5.92 Å². The molecule has 1 fully saturated rings. The zero-order valence-corrected chi connectivity index (χ0v) is 14.4. The van der Waals surface area contributed by atoms with E-state index in [1.165, 1.54) is 41.9 Å². The van der Waals surface area contributed by atoms with Gasteiger partial charge in [0.15, 0.2) is 0 Å². The topological polar surface area (TPSA) is 12.0 Å². The van der Waals surface area contributed by atoms with Gasteiger partial charge in [0, 0.05) is 22.7 Å². The molecule has 1 nitrogen and oxygen atoms in total. The van der Waals surface area contributed by atoms with Crippen molar-refractivity contribution in [3.05, 3.63) is 28.8 Å². The van der Waals surface area contributed by atoms with E-state index in [9.17, 15) is 0 Å². The summed E-state index contributed by atoms with van der Waals surface area (Å²) in [6.07, 6.45) is 5.63. The van der Waals surface area contributed by atoms with Crippen LogP contribution in [0.15, 0.2) is 23.1 Å². The molecule has 0 aromatic heterocycles. The third-order valence-corrected chi connectivity index (χ3v) is 5.50. The summed E-state index contributed by atoms with van der Waals surface area (Å²) in [5.74, 6) is 2.12. The fourth-order valence-electron chi connectivity index (χ4n) is 2.52. The molecule has 1 aliphatic rings. The van der Waals surface area contributed by atoms with Crippen LogP contribution in [0.3, 0.4) is 0 Å². The first-order valence-electron chi connectivity index (χ1n) is 7.60. The highest BCUT2D eigenvalue weighted by Crippen LogP contribution is 2.34. The Morgan fingerprint density at radius 2 is 1.95 bits per heavy atom. The van der Waals surface area contributed by atoms with Crippen molar-refractivity contribution in [1.29, 1.82) is 0 Å². The van der Waals surface area contributed by atoms with Crippen molar-refractivity contribution in [1.82, 2.24) is 5.32 Å². The van der Waals surface area contributed by atoms with Crippen molar-refractivity contribution < 1.29 is 0 Å². The molecule has 1 N–H and O–H groups in total. The first-order valence-corrected chi connectivity index (χ1v) is 8.97. The van der Waals surface area contributed by atoms with Crippen molar-refractivity contribution in [3.63, 3.8) is 0 Å². The van der Waals surface area contributed by atoms with E-state index in [0.29, 0.717) is 0 Å². The molecule has 0 aliphatic heterocycles. The first-order chi connectivity index (χ1) is 9.44. The molecule has 20 heavy (non-hydrogen) atoms. The SMILES string of the molecule is CC(C)(C)NCc1ccc(SCC2CCCC2)c(Cl)c1. The van der Waals surface area contributed by atoms with Crippen LogP contribution in [-0.2, 0) is 6.54 Å². The molecule has 1 aromatic carbocycles. The maximum absolute atomic E-state index is 6.42. The molecular weight excluding hydrogens is 286 g/mol. The summed E-state index contributed by atoms with van der Waals surface area (Å²) in [6, 6.07) is 6.49. The van der Waals surface area contributed by atoms with Gasteiger partial charge in [-0.25, -0.2) is 0 Å². The lowest BCUT2D eigenvalue weighted by atomic mass is 10.1. The van der Waals surface area contributed by atoms with Crippen LogP contribution in [-0.4, -0.2) is 11.3 Å². The second kappa shape index (κ2) is 7.20. The van der Waals surface area contributed by atoms with Gasteiger partial charge in [-0.3, -0.25) is 0 Å². The molecule has 0 saturated heterocycles. The molecule has 1 saturated carbocycles. The predicted molar refractivity (Wildman–Crippen MR) is 90.7 cm³/mol. The minimum atomic E-state index is 0.141. The number of hydrogen-bond acceptors (Lipinski definition) is 2. The zero-order chi connectivity index (χ0) is 14.6. The molecule has 0 spiro atoms. The molecule has 0 atom stereocenters. The minimum absolute atomic E-state index is 0.141. The number of halogens is 1. The van der Waals surface area contributed by atoms with Crippen LogP contribution in [0.4, 0.5) is 0 Å². The molecule has 0 heterocycles. The molecular formula is C17H26ClNS. The molecule has 0 bridgehead atoms. The molecule has 1 aliphatic carbocycles. The first kappa shape index (κ1) is 16.2. The highest BCUT2D eigenvalue weighted by atomic mass is 35.5. The fourth-order valence-corrected chi connectivity index (χ4v) is 4.00. The van der Waals surface area contributed by atoms with Gasteiger partial charge >= 0.3 is 0 Å². The number of thioether (sulfide) groups is 1. The highest BCUT2D eigenvalue weighted by molar-refractivity contribution is 7.99. The molecule has 0 radical (unpaired) electrons. The van der Waals surface area contributed by atoms with Crippen LogP contribution in [0.1, 0.15) is 52.0 Å². The molecule has 3 heteroatoms. The third-order valence-electron chi connectivity index (χ3n) is 3.77. The normalized spacial score (nSPS) is 16.8. The second-order valence-electron chi connectivity index (χ2n) is 6.83. The predicted octanol–water partition coefficient (Wildman–Crippen LogP) is 5.51. The summed E-state index contributed by atoms with van der Waals surface area (Å²) in [5.41, 5.74) is 1.40. The lowest BCUT2D eigenvalue weighted by Crippen LogP contribution is -2.35. The Balaban J connectivity index is 1.88. The van der Waals surface area contributed by atoms with Crippen molar-refractivity contribution in [2.45, 2.75) is 63.4 Å². The summed E-state index contributed by atoms with van der Waals surface area (Å²) in [5, 5.41) is 4.40. The van der Waals surface area contributed by atoms with E-state index in [1.807, 2.05) is 11.8 Å².